The SMILES string of the molecule is O=C(CCc1cccc2c1B(O)OC2)Nc1ccc(I)cc1. The first-order chi connectivity index (χ1) is 10.6. The van der Waals surface area contributed by atoms with Gasteiger partial charge in [0.05, 0.1) is 6.61 Å². The highest BCUT2D eigenvalue weighted by molar-refractivity contribution is 14.1. The molecule has 22 heavy (non-hydrogen) atoms. The molecule has 1 aliphatic rings. The van der Waals surface area contributed by atoms with Crippen LogP contribution < -0.4 is 10.8 Å². The monoisotopic (exact) mass is 407 g/mol. The number of carbonyl (C=O) groups excluding carboxylic acids is 1. The summed E-state index contributed by atoms with van der Waals surface area (Å²) in [7, 11) is -0.870. The number of hydrogen-bond donors (Lipinski definition) is 2. The quantitative estimate of drug-likeness (QED) is 0.603. The normalized spacial score (nSPS) is 13.1. The van der Waals surface area contributed by atoms with Gasteiger partial charge in [0, 0.05) is 15.7 Å². The summed E-state index contributed by atoms with van der Waals surface area (Å²) in [6.07, 6.45) is 0.953. The van der Waals surface area contributed by atoms with Crippen LogP contribution in [0.1, 0.15) is 17.5 Å². The number of carbonyl (C=O) groups is 1. The Bertz CT molecular complexity index is 690. The van der Waals surface area contributed by atoms with E-state index in [-0.39, 0.29) is 5.91 Å². The third-order valence-electron chi connectivity index (χ3n) is 3.68. The van der Waals surface area contributed by atoms with E-state index in [1.807, 2.05) is 42.5 Å². The van der Waals surface area contributed by atoms with E-state index < -0.39 is 7.12 Å². The van der Waals surface area contributed by atoms with Crippen molar-refractivity contribution in [3.05, 3.63) is 57.2 Å². The lowest BCUT2D eigenvalue weighted by molar-refractivity contribution is -0.116. The minimum absolute atomic E-state index is 0.0350. The number of amides is 1. The summed E-state index contributed by atoms with van der Waals surface area (Å²) in [5, 5.41) is 12.7. The number of fused-ring (bicyclic) bond motifs is 1. The van der Waals surface area contributed by atoms with E-state index in [0.29, 0.717) is 19.4 Å². The molecule has 0 atom stereocenters. The summed E-state index contributed by atoms with van der Waals surface area (Å²) in [6.45, 7) is 0.430. The van der Waals surface area contributed by atoms with E-state index in [2.05, 4.69) is 27.9 Å². The molecule has 0 aromatic heterocycles. The van der Waals surface area contributed by atoms with Crippen molar-refractivity contribution in [1.82, 2.24) is 0 Å². The highest BCUT2D eigenvalue weighted by Crippen LogP contribution is 2.15. The smallest absolute Gasteiger partial charge is 0.423 e. The van der Waals surface area contributed by atoms with Gasteiger partial charge in [-0.25, -0.2) is 0 Å². The maximum absolute atomic E-state index is 12.0. The molecule has 2 aromatic carbocycles. The number of halogens is 1. The molecule has 0 fully saturated rings. The predicted molar refractivity (Wildman–Crippen MR) is 94.9 cm³/mol. The molecule has 1 heterocycles. The lowest BCUT2D eigenvalue weighted by atomic mass is 9.75. The van der Waals surface area contributed by atoms with E-state index in [0.717, 1.165) is 25.8 Å². The first-order valence-electron chi connectivity index (χ1n) is 7.09. The Morgan fingerprint density at radius 1 is 1.27 bits per heavy atom. The Balaban J connectivity index is 1.62. The van der Waals surface area contributed by atoms with Crippen LogP contribution in [0, 0.1) is 3.57 Å². The molecule has 0 unspecified atom stereocenters. The molecule has 0 spiro atoms. The Morgan fingerprint density at radius 3 is 2.82 bits per heavy atom. The maximum atomic E-state index is 12.0. The van der Waals surface area contributed by atoms with Crippen LogP contribution in [0.5, 0.6) is 0 Å². The van der Waals surface area contributed by atoms with Gasteiger partial charge in [-0.05, 0) is 69.9 Å². The molecule has 2 N–H and O–H groups in total. The van der Waals surface area contributed by atoms with Gasteiger partial charge in [-0.1, -0.05) is 18.2 Å². The van der Waals surface area contributed by atoms with Gasteiger partial charge < -0.3 is 15.0 Å². The number of hydrogen-bond acceptors (Lipinski definition) is 3. The largest absolute Gasteiger partial charge is 0.492 e. The predicted octanol–water partition coefficient (Wildman–Crippen LogP) is 2.08. The van der Waals surface area contributed by atoms with Gasteiger partial charge in [0.15, 0.2) is 0 Å². The van der Waals surface area contributed by atoms with Crippen molar-refractivity contribution in [1.29, 1.82) is 0 Å². The number of benzene rings is 2. The van der Waals surface area contributed by atoms with Crippen molar-refractivity contribution < 1.29 is 14.5 Å². The Kier molecular flexibility index (Phi) is 4.80. The molecule has 0 radical (unpaired) electrons. The minimum atomic E-state index is -0.870. The van der Waals surface area contributed by atoms with E-state index in [9.17, 15) is 9.82 Å². The molecule has 0 bridgehead atoms. The highest BCUT2D eigenvalue weighted by atomic mass is 127. The fraction of sp³-hybridized carbons (Fsp3) is 0.188. The molecule has 3 rings (SSSR count). The highest BCUT2D eigenvalue weighted by Gasteiger charge is 2.29. The van der Waals surface area contributed by atoms with Gasteiger partial charge >= 0.3 is 7.12 Å². The molecule has 1 aliphatic heterocycles. The average Bonchev–Trinajstić information content (AvgIpc) is 2.90. The second kappa shape index (κ2) is 6.81. The second-order valence-electron chi connectivity index (χ2n) is 5.21. The number of nitrogens with one attached hydrogen (secondary N) is 1. The number of rotatable bonds is 4. The van der Waals surface area contributed by atoms with E-state index >= 15 is 0 Å². The minimum Gasteiger partial charge on any atom is -0.423 e. The molecule has 112 valence electrons. The molecule has 0 saturated carbocycles. The summed E-state index contributed by atoms with van der Waals surface area (Å²) < 4.78 is 6.36. The summed E-state index contributed by atoms with van der Waals surface area (Å²) in [6, 6.07) is 13.5. The molecule has 0 aliphatic carbocycles. The van der Waals surface area contributed by atoms with Crippen LogP contribution in [0.25, 0.3) is 0 Å². The molecule has 6 heteroatoms. The number of anilines is 1. The first kappa shape index (κ1) is 15.5. The Labute approximate surface area is 143 Å². The van der Waals surface area contributed by atoms with Crippen LogP contribution >= 0.6 is 22.6 Å². The summed E-state index contributed by atoms with van der Waals surface area (Å²) >= 11 is 2.22. The van der Waals surface area contributed by atoms with Crippen molar-refractivity contribution in [2.24, 2.45) is 0 Å². The van der Waals surface area contributed by atoms with Crippen molar-refractivity contribution in [2.75, 3.05) is 5.32 Å². The summed E-state index contributed by atoms with van der Waals surface area (Å²) in [5.74, 6) is -0.0350. The van der Waals surface area contributed by atoms with Crippen LogP contribution in [-0.4, -0.2) is 18.0 Å². The third-order valence-corrected chi connectivity index (χ3v) is 4.40. The Morgan fingerprint density at radius 2 is 2.05 bits per heavy atom. The van der Waals surface area contributed by atoms with Crippen molar-refractivity contribution in [3.63, 3.8) is 0 Å². The molecule has 0 saturated heterocycles. The van der Waals surface area contributed by atoms with Gasteiger partial charge in [0.1, 0.15) is 0 Å². The van der Waals surface area contributed by atoms with Gasteiger partial charge in [0.2, 0.25) is 5.91 Å². The van der Waals surface area contributed by atoms with Gasteiger partial charge in [-0.3, -0.25) is 4.79 Å². The fourth-order valence-corrected chi connectivity index (χ4v) is 2.94. The van der Waals surface area contributed by atoms with Crippen LogP contribution in [-0.2, 0) is 22.5 Å². The molecule has 4 nitrogen and oxygen atoms in total. The van der Waals surface area contributed by atoms with E-state index in [4.69, 9.17) is 4.65 Å². The maximum Gasteiger partial charge on any atom is 0.492 e. The lowest BCUT2D eigenvalue weighted by Crippen LogP contribution is -2.31. The fourth-order valence-electron chi connectivity index (χ4n) is 2.58. The third kappa shape index (κ3) is 3.51. The van der Waals surface area contributed by atoms with Crippen molar-refractivity contribution >= 4 is 46.8 Å². The van der Waals surface area contributed by atoms with Crippen molar-refractivity contribution in [3.8, 4) is 0 Å². The zero-order valence-corrected chi connectivity index (χ0v) is 14.0. The van der Waals surface area contributed by atoms with E-state index in [1.54, 1.807) is 0 Å². The summed E-state index contributed by atoms with van der Waals surface area (Å²) in [4.78, 5) is 12.0. The van der Waals surface area contributed by atoms with Crippen LogP contribution in [0.2, 0.25) is 0 Å². The summed E-state index contributed by atoms with van der Waals surface area (Å²) in [5.41, 5.74) is 3.60. The number of aryl methyl sites for hydroxylation is 1. The van der Waals surface area contributed by atoms with Crippen LogP contribution in [0.15, 0.2) is 42.5 Å². The first-order valence-corrected chi connectivity index (χ1v) is 8.17. The zero-order valence-electron chi connectivity index (χ0n) is 11.9. The standard InChI is InChI=1S/C16H15BINO3/c18-13-5-7-14(8-6-13)19-15(20)9-4-11-2-1-3-12-10-22-17(21)16(11)12/h1-3,5-8,21H,4,9-10H2,(H,19,20). The molecular formula is C16H15BINO3. The molecule has 2 aromatic rings. The lowest BCUT2D eigenvalue weighted by Gasteiger charge is -2.09. The zero-order chi connectivity index (χ0) is 15.5. The van der Waals surface area contributed by atoms with Gasteiger partial charge in [-0.2, -0.15) is 0 Å². The van der Waals surface area contributed by atoms with Gasteiger partial charge in [-0.15, -0.1) is 0 Å². The van der Waals surface area contributed by atoms with Crippen LogP contribution in [0.4, 0.5) is 5.69 Å². The molecule has 1 amide bonds. The average molecular weight is 407 g/mol. The van der Waals surface area contributed by atoms with Crippen LogP contribution in [0.3, 0.4) is 0 Å². The topological polar surface area (TPSA) is 58.6 Å². The van der Waals surface area contributed by atoms with E-state index in [1.165, 1.54) is 0 Å². The van der Waals surface area contributed by atoms with Gasteiger partial charge in [0.25, 0.3) is 0 Å². The molecular weight excluding hydrogens is 392 g/mol. The van der Waals surface area contributed by atoms with Crippen molar-refractivity contribution in [2.45, 2.75) is 19.4 Å². The second-order valence-corrected chi connectivity index (χ2v) is 6.45. The Hall–Kier alpha value is -1.38.